The first-order valence-corrected chi connectivity index (χ1v) is 11.5. The van der Waals surface area contributed by atoms with Gasteiger partial charge in [-0.3, -0.25) is 4.79 Å². The monoisotopic (exact) mass is 489 g/mol. The van der Waals surface area contributed by atoms with Gasteiger partial charge in [-0.05, 0) is 50.2 Å². The van der Waals surface area contributed by atoms with E-state index >= 15 is 0 Å². The Labute approximate surface area is 200 Å². The van der Waals surface area contributed by atoms with Crippen molar-refractivity contribution in [1.29, 1.82) is 0 Å². The Bertz CT molecular complexity index is 1200. The van der Waals surface area contributed by atoms with Crippen LogP contribution in [0.25, 0.3) is 11.2 Å². The summed E-state index contributed by atoms with van der Waals surface area (Å²) < 4.78 is 48.8. The number of hydrogen-bond donors (Lipinski definition) is 0. The van der Waals surface area contributed by atoms with E-state index < -0.39 is 18.4 Å². The Morgan fingerprint density at radius 1 is 1.03 bits per heavy atom. The molecule has 2 fully saturated rings. The van der Waals surface area contributed by atoms with Gasteiger partial charge >= 0.3 is 6.18 Å². The molecular weight excluding hydrogens is 463 g/mol. The summed E-state index contributed by atoms with van der Waals surface area (Å²) in [5.74, 6) is -0.0603. The molecule has 2 aliphatic rings. The SMILES string of the molecule is Cc1ccc2oc(N3CCN(C(=O)c4ccc(N5CC(O[C@H](C)C(F)(F)F)C5)cc4)CC3)nc2n1. The molecule has 0 N–H and O–H groups in total. The van der Waals surface area contributed by atoms with Gasteiger partial charge in [0.2, 0.25) is 5.65 Å². The Balaban J connectivity index is 1.13. The number of carbonyl (C=O) groups excluding carboxylic acids is 1. The third-order valence-electron chi connectivity index (χ3n) is 6.40. The second kappa shape index (κ2) is 9.03. The third kappa shape index (κ3) is 4.90. The first-order chi connectivity index (χ1) is 16.7. The van der Waals surface area contributed by atoms with Gasteiger partial charge in [0.1, 0.15) is 0 Å². The quantitative estimate of drug-likeness (QED) is 0.542. The molecule has 186 valence electrons. The maximum absolute atomic E-state index is 13.0. The summed E-state index contributed by atoms with van der Waals surface area (Å²) in [6, 6.07) is 11.4. The molecule has 1 amide bonds. The van der Waals surface area contributed by atoms with Crippen molar-refractivity contribution in [3.05, 3.63) is 47.7 Å². The van der Waals surface area contributed by atoms with Crippen LogP contribution in [0.4, 0.5) is 24.9 Å². The maximum Gasteiger partial charge on any atom is 0.414 e. The largest absolute Gasteiger partial charge is 0.422 e. The smallest absolute Gasteiger partial charge is 0.414 e. The highest BCUT2D eigenvalue weighted by Gasteiger charge is 2.41. The van der Waals surface area contributed by atoms with Gasteiger partial charge in [0.15, 0.2) is 11.7 Å². The van der Waals surface area contributed by atoms with Crippen LogP contribution in [0, 0.1) is 6.92 Å². The fourth-order valence-corrected chi connectivity index (χ4v) is 4.24. The molecule has 11 heteroatoms. The summed E-state index contributed by atoms with van der Waals surface area (Å²) in [7, 11) is 0. The van der Waals surface area contributed by atoms with Crippen LogP contribution < -0.4 is 9.80 Å². The molecule has 35 heavy (non-hydrogen) atoms. The zero-order chi connectivity index (χ0) is 24.7. The second-order valence-corrected chi connectivity index (χ2v) is 8.94. The van der Waals surface area contributed by atoms with Crippen LogP contribution in [-0.2, 0) is 4.74 Å². The van der Waals surface area contributed by atoms with E-state index in [0.29, 0.717) is 62.1 Å². The molecule has 2 aromatic heterocycles. The molecule has 0 bridgehead atoms. The number of alkyl halides is 3. The molecule has 2 saturated heterocycles. The highest BCUT2D eigenvalue weighted by Crippen LogP contribution is 2.29. The minimum Gasteiger partial charge on any atom is -0.422 e. The molecule has 0 aliphatic carbocycles. The van der Waals surface area contributed by atoms with Crippen LogP contribution in [0.1, 0.15) is 23.0 Å². The number of ether oxygens (including phenoxy) is 1. The average Bonchev–Trinajstić information content (AvgIpc) is 3.23. The van der Waals surface area contributed by atoms with E-state index in [9.17, 15) is 18.0 Å². The highest BCUT2D eigenvalue weighted by atomic mass is 19.4. The number of anilines is 2. The molecule has 1 atom stereocenters. The molecule has 3 aromatic rings. The van der Waals surface area contributed by atoms with Crippen LogP contribution in [0.5, 0.6) is 0 Å². The normalized spacial score (nSPS) is 18.1. The summed E-state index contributed by atoms with van der Waals surface area (Å²) >= 11 is 0. The fourth-order valence-electron chi connectivity index (χ4n) is 4.24. The van der Waals surface area contributed by atoms with Gasteiger partial charge in [-0.2, -0.15) is 18.2 Å². The standard InChI is InChI=1S/C24H26F3N5O3/c1-15-3-8-20-21(28-15)29-23(35-20)31-11-9-30(10-12-31)22(33)17-4-6-18(7-5-17)32-13-19(14-32)34-16(2)24(25,26)27/h3-8,16,19H,9-14H2,1-2H3/t16-/m1/s1. The number of nitrogens with zero attached hydrogens (tertiary/aromatic N) is 5. The van der Waals surface area contributed by atoms with Crippen molar-refractivity contribution < 1.29 is 27.1 Å². The second-order valence-electron chi connectivity index (χ2n) is 8.94. The van der Waals surface area contributed by atoms with E-state index in [-0.39, 0.29) is 5.91 Å². The summed E-state index contributed by atoms with van der Waals surface area (Å²) in [4.78, 5) is 27.6. The number of hydrogen-bond acceptors (Lipinski definition) is 7. The van der Waals surface area contributed by atoms with Crippen molar-refractivity contribution in [2.45, 2.75) is 32.2 Å². The fraction of sp³-hybridized carbons (Fsp3) is 0.458. The summed E-state index contributed by atoms with van der Waals surface area (Å²) in [6.07, 6.45) is -6.59. The van der Waals surface area contributed by atoms with Crippen molar-refractivity contribution in [3.8, 4) is 0 Å². The molecule has 0 unspecified atom stereocenters. The van der Waals surface area contributed by atoms with Gasteiger partial charge in [0.05, 0.1) is 6.10 Å². The zero-order valence-corrected chi connectivity index (χ0v) is 19.5. The molecular formula is C24H26F3N5O3. The number of fused-ring (bicyclic) bond motifs is 1. The van der Waals surface area contributed by atoms with Crippen LogP contribution >= 0.6 is 0 Å². The number of pyridine rings is 1. The van der Waals surface area contributed by atoms with Crippen molar-refractivity contribution in [3.63, 3.8) is 0 Å². The summed E-state index contributed by atoms with van der Waals surface area (Å²) in [5.41, 5.74) is 3.51. The number of aryl methyl sites for hydroxylation is 1. The van der Waals surface area contributed by atoms with Crippen LogP contribution in [-0.4, -0.2) is 78.4 Å². The third-order valence-corrected chi connectivity index (χ3v) is 6.40. The number of oxazole rings is 1. The van der Waals surface area contributed by atoms with Gasteiger partial charge in [0.25, 0.3) is 11.9 Å². The predicted octanol–water partition coefficient (Wildman–Crippen LogP) is 3.65. The van der Waals surface area contributed by atoms with E-state index in [0.717, 1.165) is 18.3 Å². The van der Waals surface area contributed by atoms with Crippen LogP contribution in [0.2, 0.25) is 0 Å². The number of piperazine rings is 1. The van der Waals surface area contributed by atoms with Crippen LogP contribution in [0.3, 0.4) is 0 Å². The Morgan fingerprint density at radius 3 is 2.37 bits per heavy atom. The van der Waals surface area contributed by atoms with Gasteiger partial charge < -0.3 is 23.9 Å². The van der Waals surface area contributed by atoms with Gasteiger partial charge in [-0.25, -0.2) is 4.98 Å². The minimum absolute atomic E-state index is 0.0603. The van der Waals surface area contributed by atoms with Crippen molar-refractivity contribution in [2.75, 3.05) is 49.1 Å². The number of halogens is 3. The molecule has 0 saturated carbocycles. The Hall–Kier alpha value is -3.34. The Morgan fingerprint density at radius 2 is 1.71 bits per heavy atom. The van der Waals surface area contributed by atoms with Crippen LogP contribution in [0.15, 0.2) is 40.8 Å². The first kappa shape index (κ1) is 23.4. The lowest BCUT2D eigenvalue weighted by molar-refractivity contribution is -0.228. The van der Waals surface area contributed by atoms with E-state index in [2.05, 4.69) is 9.97 Å². The summed E-state index contributed by atoms with van der Waals surface area (Å²) in [6.45, 7) is 5.97. The highest BCUT2D eigenvalue weighted by molar-refractivity contribution is 5.94. The average molecular weight is 489 g/mol. The molecule has 8 nitrogen and oxygen atoms in total. The molecule has 4 heterocycles. The molecule has 0 spiro atoms. The topological polar surface area (TPSA) is 74.9 Å². The lowest BCUT2D eigenvalue weighted by Gasteiger charge is -2.42. The van der Waals surface area contributed by atoms with Gasteiger partial charge in [0, 0.05) is 56.2 Å². The number of rotatable bonds is 5. The minimum atomic E-state index is -4.35. The van der Waals surface area contributed by atoms with Crippen molar-refractivity contribution in [2.24, 2.45) is 0 Å². The lowest BCUT2D eigenvalue weighted by Crippen LogP contribution is -2.54. The van der Waals surface area contributed by atoms with E-state index in [1.54, 1.807) is 17.0 Å². The van der Waals surface area contributed by atoms with E-state index in [1.807, 2.05) is 41.0 Å². The zero-order valence-electron chi connectivity index (χ0n) is 19.5. The molecule has 2 aliphatic heterocycles. The van der Waals surface area contributed by atoms with Crippen molar-refractivity contribution >= 4 is 28.8 Å². The maximum atomic E-state index is 13.0. The Kier molecular flexibility index (Phi) is 6.04. The number of carbonyl (C=O) groups is 1. The predicted molar refractivity (Wildman–Crippen MR) is 124 cm³/mol. The first-order valence-electron chi connectivity index (χ1n) is 11.5. The van der Waals surface area contributed by atoms with Gasteiger partial charge in [-0.1, -0.05) is 0 Å². The van der Waals surface area contributed by atoms with Crippen molar-refractivity contribution in [1.82, 2.24) is 14.9 Å². The number of benzene rings is 1. The molecule has 5 rings (SSSR count). The van der Waals surface area contributed by atoms with Gasteiger partial charge in [-0.15, -0.1) is 0 Å². The summed E-state index contributed by atoms with van der Waals surface area (Å²) in [5, 5.41) is 0. The molecule has 0 radical (unpaired) electrons. The lowest BCUT2D eigenvalue weighted by atomic mass is 10.1. The van der Waals surface area contributed by atoms with E-state index in [1.165, 1.54) is 0 Å². The number of aromatic nitrogens is 2. The van der Waals surface area contributed by atoms with E-state index in [4.69, 9.17) is 9.15 Å². The number of amides is 1. The molecule has 1 aromatic carbocycles.